The highest BCUT2D eigenvalue weighted by molar-refractivity contribution is 5.78. The number of urea groups is 1. The van der Waals surface area contributed by atoms with Crippen molar-refractivity contribution in [2.75, 3.05) is 19.7 Å². The molecule has 2 unspecified atom stereocenters. The van der Waals surface area contributed by atoms with Crippen LogP contribution < -0.4 is 5.32 Å². The largest absolute Gasteiger partial charge is 0.481 e. The van der Waals surface area contributed by atoms with E-state index >= 15 is 0 Å². The zero-order chi connectivity index (χ0) is 15.8. The molecule has 2 aliphatic rings. The Balaban J connectivity index is 2.01. The minimum atomic E-state index is -4.64. The number of amides is 2. The van der Waals surface area contributed by atoms with Crippen LogP contribution in [0.15, 0.2) is 0 Å². The van der Waals surface area contributed by atoms with Gasteiger partial charge in [-0.1, -0.05) is 0 Å². The van der Waals surface area contributed by atoms with Gasteiger partial charge in [-0.15, -0.1) is 0 Å². The van der Waals surface area contributed by atoms with E-state index in [0.717, 1.165) is 4.90 Å². The van der Waals surface area contributed by atoms with Gasteiger partial charge in [0.05, 0.1) is 24.0 Å². The number of halogens is 3. The van der Waals surface area contributed by atoms with Crippen LogP contribution in [0.5, 0.6) is 0 Å². The molecule has 0 aromatic rings. The molecule has 6 nitrogen and oxygen atoms in total. The highest BCUT2D eigenvalue weighted by atomic mass is 19.4. The van der Waals surface area contributed by atoms with Gasteiger partial charge >= 0.3 is 18.2 Å². The first-order valence-electron chi connectivity index (χ1n) is 6.66. The van der Waals surface area contributed by atoms with E-state index < -0.39 is 43.1 Å². The zero-order valence-corrected chi connectivity index (χ0v) is 11.4. The van der Waals surface area contributed by atoms with Gasteiger partial charge in [-0.05, 0) is 13.3 Å². The Morgan fingerprint density at radius 3 is 2.43 bits per heavy atom. The van der Waals surface area contributed by atoms with Crippen molar-refractivity contribution in [3.8, 4) is 0 Å². The van der Waals surface area contributed by atoms with E-state index in [1.54, 1.807) is 6.92 Å². The summed E-state index contributed by atoms with van der Waals surface area (Å²) in [6.45, 7) is 1.18. The fourth-order valence-corrected chi connectivity index (χ4v) is 2.72. The molecule has 2 amide bonds. The lowest BCUT2D eigenvalue weighted by molar-refractivity contribution is -0.187. The first-order chi connectivity index (χ1) is 9.70. The molecule has 0 aliphatic carbocycles. The molecule has 9 heteroatoms. The highest BCUT2D eigenvalue weighted by Crippen LogP contribution is 2.37. The maximum Gasteiger partial charge on any atom is 0.394 e. The molecular weight excluding hydrogens is 293 g/mol. The molecule has 21 heavy (non-hydrogen) atoms. The Morgan fingerprint density at radius 1 is 1.33 bits per heavy atom. The number of rotatable bonds is 2. The number of aliphatic carboxylic acids is 1. The molecule has 2 aliphatic heterocycles. The molecule has 0 saturated carbocycles. The number of carbonyl (C=O) groups is 2. The van der Waals surface area contributed by atoms with Gasteiger partial charge in [0.15, 0.2) is 0 Å². The molecule has 0 aromatic carbocycles. The molecule has 0 radical (unpaired) electrons. The maximum atomic E-state index is 12.8. The molecule has 2 rings (SSSR count). The van der Waals surface area contributed by atoms with Crippen LogP contribution in [0.1, 0.15) is 13.3 Å². The van der Waals surface area contributed by atoms with Crippen molar-refractivity contribution in [3.05, 3.63) is 0 Å². The van der Waals surface area contributed by atoms with Crippen LogP contribution in [0.25, 0.3) is 0 Å². The summed E-state index contributed by atoms with van der Waals surface area (Å²) in [4.78, 5) is 23.9. The zero-order valence-electron chi connectivity index (χ0n) is 11.4. The van der Waals surface area contributed by atoms with E-state index in [2.05, 4.69) is 5.32 Å². The Kier molecular flexibility index (Phi) is 4.31. The van der Waals surface area contributed by atoms with Crippen molar-refractivity contribution in [1.29, 1.82) is 0 Å². The predicted octanol–water partition coefficient (Wildman–Crippen LogP) is 1.07. The number of hydrogen-bond donors (Lipinski definition) is 2. The lowest BCUT2D eigenvalue weighted by Crippen LogP contribution is -2.46. The van der Waals surface area contributed by atoms with Crippen LogP contribution in [0, 0.1) is 11.8 Å². The molecular formula is C12H17F3N2O4. The van der Waals surface area contributed by atoms with Gasteiger partial charge in [-0.25, -0.2) is 4.79 Å². The first kappa shape index (κ1) is 15.9. The normalized spacial score (nSPS) is 33.2. The second-order valence-corrected chi connectivity index (χ2v) is 5.42. The maximum absolute atomic E-state index is 12.8. The second kappa shape index (κ2) is 5.70. The second-order valence-electron chi connectivity index (χ2n) is 5.42. The van der Waals surface area contributed by atoms with Gasteiger partial charge in [0.25, 0.3) is 0 Å². The summed E-state index contributed by atoms with van der Waals surface area (Å²) in [7, 11) is 0. The number of nitrogens with zero attached hydrogens (tertiary/aromatic N) is 1. The molecule has 2 fully saturated rings. The van der Waals surface area contributed by atoms with Crippen molar-refractivity contribution in [2.24, 2.45) is 11.8 Å². The van der Waals surface area contributed by atoms with Gasteiger partial charge in [0, 0.05) is 19.7 Å². The molecule has 0 bridgehead atoms. The summed E-state index contributed by atoms with van der Waals surface area (Å²) in [6, 6.07) is -0.930. The van der Waals surface area contributed by atoms with Crippen molar-refractivity contribution >= 4 is 12.0 Å². The minimum Gasteiger partial charge on any atom is -0.481 e. The summed E-state index contributed by atoms with van der Waals surface area (Å²) in [5.74, 6) is -5.18. The number of carbonyl (C=O) groups excluding carboxylic acids is 1. The Hall–Kier alpha value is -1.51. The van der Waals surface area contributed by atoms with E-state index in [-0.39, 0.29) is 12.1 Å². The third kappa shape index (κ3) is 3.39. The Bertz CT molecular complexity index is 429. The number of carboxylic acids is 1. The first-order valence-corrected chi connectivity index (χ1v) is 6.66. The van der Waals surface area contributed by atoms with Crippen molar-refractivity contribution in [2.45, 2.75) is 31.7 Å². The average Bonchev–Trinajstić information content (AvgIpc) is 2.95. The summed E-state index contributed by atoms with van der Waals surface area (Å²) in [5, 5.41) is 11.5. The molecule has 0 spiro atoms. The monoisotopic (exact) mass is 310 g/mol. The van der Waals surface area contributed by atoms with Gasteiger partial charge in [0.1, 0.15) is 0 Å². The summed E-state index contributed by atoms with van der Waals surface area (Å²) in [6.07, 6.45) is -4.25. The average molecular weight is 310 g/mol. The molecule has 2 N–H and O–H groups in total. The van der Waals surface area contributed by atoms with E-state index in [4.69, 9.17) is 9.84 Å². The predicted molar refractivity (Wildman–Crippen MR) is 64.6 cm³/mol. The summed E-state index contributed by atoms with van der Waals surface area (Å²) in [5.41, 5.74) is 0. The minimum absolute atomic E-state index is 0.203. The topological polar surface area (TPSA) is 78.9 Å². The number of hydrogen-bond acceptors (Lipinski definition) is 3. The van der Waals surface area contributed by atoms with E-state index in [1.165, 1.54) is 0 Å². The number of nitrogens with one attached hydrogen (secondary N) is 1. The summed E-state index contributed by atoms with van der Waals surface area (Å²) >= 11 is 0. The number of carboxylic acid groups (broad SMARTS) is 1. The third-order valence-corrected chi connectivity index (χ3v) is 4.03. The standard InChI is InChI=1S/C12H17F3N2O4/c1-6-9(2-3-21-6)16-11(20)17-4-7(10(18)19)8(5-17)12(13,14)15/h6-9H,2-5H2,1H3,(H,16,20)(H,18,19)/t6?,7-,8-,9?/m1/s1. The summed E-state index contributed by atoms with van der Waals surface area (Å²) < 4.78 is 43.8. The number of ether oxygens (including phenoxy) is 1. The van der Waals surface area contributed by atoms with E-state index in [0.29, 0.717) is 13.0 Å². The Labute approximate surface area is 119 Å². The van der Waals surface area contributed by atoms with Gasteiger partial charge in [-0.3, -0.25) is 4.79 Å². The van der Waals surface area contributed by atoms with Gasteiger partial charge in [0.2, 0.25) is 0 Å². The highest BCUT2D eigenvalue weighted by Gasteiger charge is 2.53. The fraction of sp³-hybridized carbons (Fsp3) is 0.833. The van der Waals surface area contributed by atoms with Crippen molar-refractivity contribution in [1.82, 2.24) is 10.2 Å². The molecule has 2 heterocycles. The van der Waals surface area contributed by atoms with Crippen LogP contribution in [0.4, 0.5) is 18.0 Å². The SMILES string of the molecule is CC1OCCC1NC(=O)N1C[C@@H](C(F)(F)F)[C@H](C(=O)O)C1. The smallest absolute Gasteiger partial charge is 0.394 e. The fourth-order valence-electron chi connectivity index (χ4n) is 2.72. The van der Waals surface area contributed by atoms with Crippen LogP contribution >= 0.6 is 0 Å². The van der Waals surface area contributed by atoms with Crippen LogP contribution in [0.2, 0.25) is 0 Å². The van der Waals surface area contributed by atoms with Gasteiger partial charge < -0.3 is 20.1 Å². The molecule has 4 atom stereocenters. The van der Waals surface area contributed by atoms with Crippen LogP contribution in [-0.4, -0.2) is 60.0 Å². The third-order valence-electron chi connectivity index (χ3n) is 4.03. The quantitative estimate of drug-likeness (QED) is 0.799. The van der Waals surface area contributed by atoms with Crippen molar-refractivity contribution in [3.63, 3.8) is 0 Å². The molecule has 0 aromatic heterocycles. The lowest BCUT2D eigenvalue weighted by atomic mass is 9.96. The molecule has 2 saturated heterocycles. The van der Waals surface area contributed by atoms with Crippen LogP contribution in [0.3, 0.4) is 0 Å². The number of alkyl halides is 3. The van der Waals surface area contributed by atoms with Crippen LogP contribution in [-0.2, 0) is 9.53 Å². The Morgan fingerprint density at radius 2 is 2.00 bits per heavy atom. The van der Waals surface area contributed by atoms with E-state index in [9.17, 15) is 22.8 Å². The van der Waals surface area contributed by atoms with E-state index in [1.807, 2.05) is 0 Å². The van der Waals surface area contributed by atoms with Gasteiger partial charge in [-0.2, -0.15) is 13.2 Å². The van der Waals surface area contributed by atoms with Crippen molar-refractivity contribution < 1.29 is 32.6 Å². The number of likely N-dealkylation sites (tertiary alicyclic amines) is 1. The molecule has 120 valence electrons. The lowest BCUT2D eigenvalue weighted by Gasteiger charge is -2.22.